The molecule has 1 nitrogen and oxygen atoms in total. The second-order valence-corrected chi connectivity index (χ2v) is 4.11. The van der Waals surface area contributed by atoms with E-state index in [9.17, 15) is 4.79 Å². The maximum Gasteiger partial charge on any atom is 0.123 e. The molecular formula is C11H16O. The summed E-state index contributed by atoms with van der Waals surface area (Å²) in [5.41, 5.74) is 0. The second kappa shape index (κ2) is 3.04. The van der Waals surface area contributed by atoms with Crippen molar-refractivity contribution in [3.63, 3.8) is 0 Å². The van der Waals surface area contributed by atoms with E-state index in [0.29, 0.717) is 17.8 Å². The van der Waals surface area contributed by atoms with E-state index in [-0.39, 0.29) is 0 Å². The fraction of sp³-hybridized carbons (Fsp3) is 0.727. The minimum atomic E-state index is 0.347. The van der Waals surface area contributed by atoms with E-state index in [1.807, 2.05) is 0 Å². The molecule has 0 heterocycles. The number of rotatable bonds is 3. The van der Waals surface area contributed by atoms with Crippen molar-refractivity contribution in [3.05, 3.63) is 12.2 Å². The van der Waals surface area contributed by atoms with Crippen molar-refractivity contribution >= 4 is 6.29 Å². The first-order valence-corrected chi connectivity index (χ1v) is 5.00. The Morgan fingerprint density at radius 2 is 2.17 bits per heavy atom. The zero-order chi connectivity index (χ0) is 8.55. The lowest BCUT2D eigenvalue weighted by Gasteiger charge is -2.22. The molecule has 2 aliphatic carbocycles. The van der Waals surface area contributed by atoms with Crippen LogP contribution in [0.25, 0.3) is 0 Å². The van der Waals surface area contributed by atoms with Crippen LogP contribution >= 0.6 is 0 Å². The topological polar surface area (TPSA) is 17.1 Å². The van der Waals surface area contributed by atoms with Crippen LogP contribution in [0, 0.1) is 23.7 Å². The van der Waals surface area contributed by atoms with Gasteiger partial charge in [0.2, 0.25) is 0 Å². The van der Waals surface area contributed by atoms with Gasteiger partial charge in [0.1, 0.15) is 6.29 Å². The summed E-state index contributed by atoms with van der Waals surface area (Å²) in [4.78, 5) is 10.8. The molecule has 1 fully saturated rings. The SMILES string of the molecule is CCC[C@H]1[C@H](C=O)[C@@H]2C=C[C@H]1C2. The van der Waals surface area contributed by atoms with Gasteiger partial charge >= 0.3 is 0 Å². The predicted molar refractivity (Wildman–Crippen MR) is 48.7 cm³/mol. The molecule has 0 radical (unpaired) electrons. The molecular weight excluding hydrogens is 148 g/mol. The minimum Gasteiger partial charge on any atom is -0.303 e. The van der Waals surface area contributed by atoms with Crippen molar-refractivity contribution in [2.24, 2.45) is 23.7 Å². The van der Waals surface area contributed by atoms with Gasteiger partial charge in [0.25, 0.3) is 0 Å². The summed E-state index contributed by atoms with van der Waals surface area (Å²) < 4.78 is 0. The van der Waals surface area contributed by atoms with Crippen LogP contribution in [0.4, 0.5) is 0 Å². The molecule has 0 amide bonds. The Hall–Kier alpha value is -0.590. The van der Waals surface area contributed by atoms with E-state index in [4.69, 9.17) is 0 Å². The lowest BCUT2D eigenvalue weighted by Crippen LogP contribution is -2.20. The van der Waals surface area contributed by atoms with Crippen LogP contribution < -0.4 is 0 Å². The first-order chi connectivity index (χ1) is 5.86. The lowest BCUT2D eigenvalue weighted by atomic mass is 9.81. The highest BCUT2D eigenvalue weighted by molar-refractivity contribution is 5.57. The standard InChI is InChI=1S/C11H16O/c1-2-3-10-8-4-5-9(6-8)11(10)7-12/h4-5,7-11H,2-3,6H2,1H3/t8-,9+,10+,11+/m0/s1. The fourth-order valence-electron chi connectivity index (χ4n) is 2.90. The minimum absolute atomic E-state index is 0.347. The quantitative estimate of drug-likeness (QED) is 0.462. The smallest absolute Gasteiger partial charge is 0.123 e. The Morgan fingerprint density at radius 3 is 2.83 bits per heavy atom. The van der Waals surface area contributed by atoms with Crippen LogP contribution in [-0.2, 0) is 4.79 Å². The van der Waals surface area contributed by atoms with Gasteiger partial charge in [0.05, 0.1) is 0 Å². The van der Waals surface area contributed by atoms with Crippen LogP contribution in [0.5, 0.6) is 0 Å². The summed E-state index contributed by atoms with van der Waals surface area (Å²) in [6, 6.07) is 0. The van der Waals surface area contributed by atoms with Crippen LogP contribution in [0.15, 0.2) is 12.2 Å². The Morgan fingerprint density at radius 1 is 1.42 bits per heavy atom. The first-order valence-electron chi connectivity index (χ1n) is 5.00. The third-order valence-electron chi connectivity index (χ3n) is 3.47. The molecule has 1 saturated carbocycles. The predicted octanol–water partition coefficient (Wildman–Crippen LogP) is 2.42. The highest BCUT2D eigenvalue weighted by Crippen LogP contribution is 2.48. The van der Waals surface area contributed by atoms with Gasteiger partial charge in [-0.1, -0.05) is 25.5 Å². The molecule has 0 saturated heterocycles. The van der Waals surface area contributed by atoms with Crippen LogP contribution in [0.3, 0.4) is 0 Å². The van der Waals surface area contributed by atoms with Crippen molar-refractivity contribution in [1.29, 1.82) is 0 Å². The molecule has 66 valence electrons. The number of allylic oxidation sites excluding steroid dienone is 2. The fourth-order valence-corrected chi connectivity index (χ4v) is 2.90. The van der Waals surface area contributed by atoms with Gasteiger partial charge in [-0.25, -0.2) is 0 Å². The monoisotopic (exact) mass is 164 g/mol. The van der Waals surface area contributed by atoms with Gasteiger partial charge in [0.15, 0.2) is 0 Å². The first kappa shape index (κ1) is 8.03. The van der Waals surface area contributed by atoms with Gasteiger partial charge in [-0.05, 0) is 30.6 Å². The van der Waals surface area contributed by atoms with Crippen molar-refractivity contribution < 1.29 is 4.79 Å². The van der Waals surface area contributed by atoms with Crippen molar-refractivity contribution in [1.82, 2.24) is 0 Å². The number of fused-ring (bicyclic) bond motifs is 2. The zero-order valence-electron chi connectivity index (χ0n) is 7.57. The molecule has 0 aliphatic heterocycles. The summed E-state index contributed by atoms with van der Waals surface area (Å²) in [5, 5.41) is 0. The summed E-state index contributed by atoms with van der Waals surface area (Å²) in [6.45, 7) is 2.21. The molecule has 12 heavy (non-hydrogen) atoms. The lowest BCUT2D eigenvalue weighted by molar-refractivity contribution is -0.113. The van der Waals surface area contributed by atoms with Gasteiger partial charge in [-0.2, -0.15) is 0 Å². The summed E-state index contributed by atoms with van der Waals surface area (Å²) in [5.74, 6) is 2.33. The Kier molecular flexibility index (Phi) is 2.03. The Balaban J connectivity index is 2.11. The van der Waals surface area contributed by atoms with E-state index in [0.717, 1.165) is 5.92 Å². The van der Waals surface area contributed by atoms with E-state index in [2.05, 4.69) is 19.1 Å². The number of hydrogen-bond acceptors (Lipinski definition) is 1. The largest absolute Gasteiger partial charge is 0.303 e. The number of carbonyl (C=O) groups is 1. The molecule has 1 heteroatoms. The van der Waals surface area contributed by atoms with Crippen molar-refractivity contribution in [3.8, 4) is 0 Å². The molecule has 0 aromatic carbocycles. The van der Waals surface area contributed by atoms with Crippen molar-refractivity contribution in [2.75, 3.05) is 0 Å². The van der Waals surface area contributed by atoms with Gasteiger partial charge in [-0.15, -0.1) is 0 Å². The second-order valence-electron chi connectivity index (χ2n) is 4.11. The molecule has 0 N–H and O–H groups in total. The number of hydrogen-bond donors (Lipinski definition) is 0. The number of aldehydes is 1. The van der Waals surface area contributed by atoms with Gasteiger partial charge in [0, 0.05) is 5.92 Å². The van der Waals surface area contributed by atoms with E-state index in [1.54, 1.807) is 0 Å². The van der Waals surface area contributed by atoms with E-state index < -0.39 is 0 Å². The molecule has 0 aromatic rings. The zero-order valence-corrected chi connectivity index (χ0v) is 7.57. The highest BCUT2D eigenvalue weighted by atomic mass is 16.1. The summed E-state index contributed by atoms with van der Waals surface area (Å²) in [6.07, 6.45) is 9.45. The molecule has 0 spiro atoms. The maximum atomic E-state index is 10.8. The van der Waals surface area contributed by atoms with E-state index in [1.165, 1.54) is 25.5 Å². The average Bonchev–Trinajstić information content (AvgIpc) is 2.64. The van der Waals surface area contributed by atoms with Crippen LogP contribution in [0.2, 0.25) is 0 Å². The third-order valence-corrected chi connectivity index (χ3v) is 3.47. The molecule has 2 aliphatic rings. The molecule has 2 bridgehead atoms. The summed E-state index contributed by atoms with van der Waals surface area (Å²) >= 11 is 0. The molecule has 4 atom stereocenters. The maximum absolute atomic E-state index is 10.8. The molecule has 0 unspecified atom stereocenters. The van der Waals surface area contributed by atoms with Crippen LogP contribution in [0.1, 0.15) is 26.2 Å². The van der Waals surface area contributed by atoms with E-state index >= 15 is 0 Å². The third kappa shape index (κ3) is 1.03. The van der Waals surface area contributed by atoms with Crippen molar-refractivity contribution in [2.45, 2.75) is 26.2 Å². The Labute approximate surface area is 73.8 Å². The number of carbonyl (C=O) groups excluding carboxylic acids is 1. The van der Waals surface area contributed by atoms with Gasteiger partial charge < -0.3 is 4.79 Å². The average molecular weight is 164 g/mol. The van der Waals surface area contributed by atoms with Crippen LogP contribution in [-0.4, -0.2) is 6.29 Å². The summed E-state index contributed by atoms with van der Waals surface area (Å²) in [7, 11) is 0. The molecule has 2 rings (SSSR count). The Bertz CT molecular complexity index is 207. The van der Waals surface area contributed by atoms with Gasteiger partial charge in [-0.3, -0.25) is 0 Å². The highest BCUT2D eigenvalue weighted by Gasteiger charge is 2.43. The molecule has 0 aromatic heterocycles. The normalized spacial score (nSPS) is 43.8.